The lowest BCUT2D eigenvalue weighted by Gasteiger charge is -2.12. The summed E-state index contributed by atoms with van der Waals surface area (Å²) in [7, 11) is -3.55. The van der Waals surface area contributed by atoms with Crippen LogP contribution in [0, 0.1) is 11.3 Å². The highest BCUT2D eigenvalue weighted by atomic mass is 35.5. The summed E-state index contributed by atoms with van der Waals surface area (Å²) in [5.74, 6) is -1.01. The fourth-order valence-corrected chi connectivity index (χ4v) is 3.31. The van der Waals surface area contributed by atoms with Gasteiger partial charge in [0.1, 0.15) is 11.0 Å². The average molecular weight is 433 g/mol. The zero-order chi connectivity index (χ0) is 20.9. The van der Waals surface area contributed by atoms with Gasteiger partial charge in [-0.2, -0.15) is 23.5 Å². The second-order valence-electron chi connectivity index (χ2n) is 5.75. The van der Waals surface area contributed by atoms with Crippen LogP contribution in [-0.4, -0.2) is 25.4 Å². The van der Waals surface area contributed by atoms with Crippen molar-refractivity contribution in [2.24, 2.45) is 0 Å². The van der Waals surface area contributed by atoms with Gasteiger partial charge in [0.15, 0.2) is 22.3 Å². The number of amides is 1. The van der Waals surface area contributed by atoms with Crippen molar-refractivity contribution in [1.29, 1.82) is 5.26 Å². The van der Waals surface area contributed by atoms with Crippen LogP contribution in [0.1, 0.15) is 38.3 Å². The minimum atomic E-state index is -5.12. The summed E-state index contributed by atoms with van der Waals surface area (Å²) < 4.78 is 52.3. The van der Waals surface area contributed by atoms with Crippen molar-refractivity contribution in [3.05, 3.63) is 35.0 Å². The molecule has 0 spiro atoms. The van der Waals surface area contributed by atoms with Gasteiger partial charge < -0.3 is 5.32 Å². The Morgan fingerprint density at radius 2 is 1.96 bits per heavy atom. The van der Waals surface area contributed by atoms with Gasteiger partial charge in [-0.3, -0.25) is 4.79 Å². The third-order valence-electron chi connectivity index (χ3n) is 3.68. The molecule has 1 aromatic heterocycles. The van der Waals surface area contributed by atoms with E-state index in [1.54, 1.807) is 0 Å². The zero-order valence-corrected chi connectivity index (χ0v) is 16.3. The monoisotopic (exact) mass is 432 g/mol. The van der Waals surface area contributed by atoms with Crippen LogP contribution < -0.4 is 5.32 Å². The van der Waals surface area contributed by atoms with Crippen molar-refractivity contribution < 1.29 is 22.2 Å². The minimum Gasteiger partial charge on any atom is -0.310 e. The van der Waals surface area contributed by atoms with E-state index >= 15 is 0 Å². The maximum absolute atomic E-state index is 13.1. The van der Waals surface area contributed by atoms with E-state index in [2.05, 4.69) is 10.4 Å². The second kappa shape index (κ2) is 9.21. The van der Waals surface area contributed by atoms with E-state index in [0.717, 1.165) is 17.5 Å². The number of nitrogens with zero attached hydrogens (tertiary/aromatic N) is 3. The summed E-state index contributed by atoms with van der Waals surface area (Å²) in [6.45, 7) is 1.94. The van der Waals surface area contributed by atoms with Crippen LogP contribution in [0.3, 0.4) is 0 Å². The fraction of sp³-hybridized carbons (Fsp3) is 0.353. The molecule has 1 unspecified atom stereocenters. The number of halogens is 4. The average Bonchev–Trinajstić information content (AvgIpc) is 2.99. The van der Waals surface area contributed by atoms with E-state index in [0.29, 0.717) is 11.4 Å². The molecule has 0 bridgehead atoms. The first kappa shape index (κ1) is 21.9. The highest BCUT2D eigenvalue weighted by Gasteiger charge is 2.43. The number of nitriles is 1. The highest BCUT2D eigenvalue weighted by Crippen LogP contribution is 2.35. The molecule has 0 radical (unpaired) electrons. The number of carbonyl (C=O) groups excluding carboxylic acids is 1. The Morgan fingerprint density at radius 3 is 2.50 bits per heavy atom. The van der Waals surface area contributed by atoms with Crippen LogP contribution in [0.25, 0.3) is 5.69 Å². The Balaban J connectivity index is 2.57. The first-order chi connectivity index (χ1) is 13.2. The number of hydrogen-bond donors (Lipinski definition) is 1. The first-order valence-corrected chi connectivity index (χ1v) is 9.79. The number of unbranched alkanes of at least 4 members (excludes halogenated alkanes) is 2. The first-order valence-electron chi connectivity index (χ1n) is 8.26. The minimum absolute atomic E-state index is 0.0691. The van der Waals surface area contributed by atoms with E-state index in [9.17, 15) is 27.4 Å². The van der Waals surface area contributed by atoms with Crippen LogP contribution in [0.15, 0.2) is 29.2 Å². The van der Waals surface area contributed by atoms with Gasteiger partial charge in [0.25, 0.3) is 0 Å². The SMILES string of the molecule is CCCCCC(=O)Nc1c(S(=O)C(F)(F)F)c(C#N)nn1-c1ccc(Cl)cc1. The number of aromatic nitrogens is 2. The lowest BCUT2D eigenvalue weighted by Crippen LogP contribution is -2.20. The molecule has 0 aliphatic carbocycles. The molecule has 1 atom stereocenters. The third-order valence-corrected chi connectivity index (χ3v) is 5.11. The van der Waals surface area contributed by atoms with Gasteiger partial charge in [0.05, 0.1) is 5.69 Å². The Labute approximate surface area is 166 Å². The van der Waals surface area contributed by atoms with E-state index in [1.165, 1.54) is 30.3 Å². The highest BCUT2D eigenvalue weighted by molar-refractivity contribution is 7.86. The smallest absolute Gasteiger partial charge is 0.310 e. The van der Waals surface area contributed by atoms with Crippen molar-refractivity contribution in [3.63, 3.8) is 0 Å². The Kier molecular flexibility index (Phi) is 7.21. The molecule has 150 valence electrons. The Morgan fingerprint density at radius 1 is 1.32 bits per heavy atom. The predicted molar refractivity (Wildman–Crippen MR) is 98.5 cm³/mol. The number of alkyl halides is 3. The van der Waals surface area contributed by atoms with E-state index in [-0.39, 0.29) is 12.1 Å². The van der Waals surface area contributed by atoms with Crippen molar-refractivity contribution in [3.8, 4) is 11.8 Å². The number of rotatable bonds is 7. The van der Waals surface area contributed by atoms with Gasteiger partial charge in [-0.1, -0.05) is 31.4 Å². The number of hydrogen-bond acceptors (Lipinski definition) is 4. The fourth-order valence-electron chi connectivity index (χ4n) is 2.38. The lowest BCUT2D eigenvalue weighted by atomic mass is 10.2. The molecule has 2 aromatic rings. The third kappa shape index (κ3) is 5.11. The van der Waals surface area contributed by atoms with Gasteiger partial charge in [-0.05, 0) is 30.7 Å². The number of nitrogens with one attached hydrogen (secondary N) is 1. The molecule has 1 N–H and O–H groups in total. The number of benzene rings is 1. The van der Waals surface area contributed by atoms with Crippen LogP contribution in [0.5, 0.6) is 0 Å². The molecular weight excluding hydrogens is 417 g/mol. The Bertz CT molecular complexity index is 920. The summed E-state index contributed by atoms with van der Waals surface area (Å²) in [6.07, 6.45) is 2.24. The predicted octanol–water partition coefficient (Wildman–Crippen LogP) is 4.54. The van der Waals surface area contributed by atoms with Crippen LogP contribution in [0.2, 0.25) is 5.02 Å². The van der Waals surface area contributed by atoms with Crippen LogP contribution in [-0.2, 0) is 15.6 Å². The van der Waals surface area contributed by atoms with Gasteiger partial charge in [0.2, 0.25) is 5.91 Å². The molecule has 28 heavy (non-hydrogen) atoms. The summed E-state index contributed by atoms with van der Waals surface area (Å²) in [4.78, 5) is 11.3. The largest absolute Gasteiger partial charge is 0.476 e. The van der Waals surface area contributed by atoms with Crippen LogP contribution in [0.4, 0.5) is 19.0 Å². The van der Waals surface area contributed by atoms with Gasteiger partial charge in [-0.25, -0.2) is 8.89 Å². The Hall–Kier alpha value is -2.38. The molecule has 0 fully saturated rings. The summed E-state index contributed by atoms with van der Waals surface area (Å²) >= 11 is 5.82. The molecular formula is C17H16ClF3N4O2S. The quantitative estimate of drug-likeness (QED) is 0.650. The zero-order valence-electron chi connectivity index (χ0n) is 14.7. The van der Waals surface area contributed by atoms with Crippen molar-refractivity contribution in [2.45, 2.75) is 43.0 Å². The standard InChI is InChI=1S/C17H16ClF3N4O2S/c1-2-3-4-5-14(26)23-16-15(28(27)17(19,20)21)13(10-22)24-25(16)12-8-6-11(18)7-9-12/h6-9H,2-5H2,1H3,(H,23,26). The molecule has 11 heteroatoms. The summed E-state index contributed by atoms with van der Waals surface area (Å²) in [6, 6.07) is 7.35. The molecule has 1 amide bonds. The molecule has 0 saturated carbocycles. The van der Waals surface area contributed by atoms with Gasteiger partial charge in [0, 0.05) is 11.4 Å². The summed E-state index contributed by atoms with van der Waals surface area (Å²) in [5.41, 5.74) is -5.56. The molecule has 0 saturated heterocycles. The maximum atomic E-state index is 13.1. The lowest BCUT2D eigenvalue weighted by molar-refractivity contribution is -0.116. The van der Waals surface area contributed by atoms with E-state index in [1.807, 2.05) is 6.92 Å². The molecule has 0 aliphatic heterocycles. The maximum Gasteiger partial charge on any atom is 0.476 e. The van der Waals surface area contributed by atoms with E-state index in [4.69, 9.17) is 11.6 Å². The van der Waals surface area contributed by atoms with Crippen molar-refractivity contribution in [1.82, 2.24) is 9.78 Å². The van der Waals surface area contributed by atoms with Crippen molar-refractivity contribution >= 4 is 34.1 Å². The van der Waals surface area contributed by atoms with E-state index < -0.39 is 38.6 Å². The second-order valence-corrected chi connectivity index (χ2v) is 7.59. The normalized spacial score (nSPS) is 12.4. The van der Waals surface area contributed by atoms with Gasteiger partial charge in [-0.15, -0.1) is 0 Å². The molecule has 6 nitrogen and oxygen atoms in total. The number of carbonyl (C=O) groups is 1. The molecule has 1 heterocycles. The van der Waals surface area contributed by atoms with Crippen molar-refractivity contribution in [2.75, 3.05) is 5.32 Å². The summed E-state index contributed by atoms with van der Waals surface area (Å²) in [5, 5.41) is 15.7. The molecule has 0 aliphatic rings. The topological polar surface area (TPSA) is 87.8 Å². The molecule has 2 rings (SSSR count). The number of anilines is 1. The molecule has 1 aromatic carbocycles. The van der Waals surface area contributed by atoms with Gasteiger partial charge >= 0.3 is 5.51 Å². The van der Waals surface area contributed by atoms with Crippen LogP contribution >= 0.6 is 11.6 Å².